The Kier molecular flexibility index (Phi) is 13.0. The number of rotatable bonds is 16. The first kappa shape index (κ1) is 27.7. The Bertz CT molecular complexity index is 414. The van der Waals surface area contributed by atoms with Crippen molar-refractivity contribution in [3.63, 3.8) is 0 Å². The molecular weight excluding hydrogens is 394 g/mol. The summed E-state index contributed by atoms with van der Waals surface area (Å²) in [5.74, 6) is -0.893. The highest BCUT2D eigenvalue weighted by Crippen LogP contribution is 2.42. The monoisotopic (exact) mass is 437 g/mol. The average molecular weight is 438 g/mol. The summed E-state index contributed by atoms with van der Waals surface area (Å²) in [6.07, 6.45) is 0.957. The van der Waals surface area contributed by atoms with Crippen LogP contribution in [0.1, 0.15) is 54.4 Å². The largest absolute Gasteiger partial charge is 0.500 e. The highest BCUT2D eigenvalue weighted by Gasteiger charge is 2.47. The van der Waals surface area contributed by atoms with E-state index in [-0.39, 0.29) is 0 Å². The normalized spacial score (nSPS) is 14.3. The van der Waals surface area contributed by atoms with Gasteiger partial charge in [0.25, 0.3) is 0 Å². The highest BCUT2D eigenvalue weighted by atomic mass is 28.4. The second kappa shape index (κ2) is 13.1. The van der Waals surface area contributed by atoms with Crippen LogP contribution in [0.15, 0.2) is 0 Å². The summed E-state index contributed by atoms with van der Waals surface area (Å²) in [5, 5.41) is 13.0. The fourth-order valence-corrected chi connectivity index (χ4v) is 11.5. The summed E-state index contributed by atoms with van der Waals surface area (Å²) in [6.45, 7) is 14.0. The van der Waals surface area contributed by atoms with Gasteiger partial charge in [-0.15, -0.1) is 0 Å². The van der Waals surface area contributed by atoms with Crippen molar-refractivity contribution >= 4 is 23.1 Å². The third-order valence-electron chi connectivity index (χ3n) is 5.68. The molecule has 0 saturated heterocycles. The molecule has 0 saturated carbocycles. The first-order chi connectivity index (χ1) is 13.0. The van der Waals surface area contributed by atoms with Crippen molar-refractivity contribution in [2.75, 3.05) is 34.4 Å². The quantitative estimate of drug-likeness (QED) is 0.280. The smallest absolute Gasteiger partial charge is 0.479 e. The molecule has 0 fully saturated rings. The summed E-state index contributed by atoms with van der Waals surface area (Å²) in [4.78, 5) is 11.8. The molecule has 0 aliphatic heterocycles. The van der Waals surface area contributed by atoms with Crippen LogP contribution in [0.2, 0.25) is 22.7 Å². The maximum atomic E-state index is 11.8. The number of hydrogen-bond donors (Lipinski definition) is 2. The third-order valence-corrected chi connectivity index (χ3v) is 14.6. The van der Waals surface area contributed by atoms with Crippen LogP contribution in [-0.2, 0) is 22.5 Å². The molecule has 0 aromatic carbocycles. The van der Waals surface area contributed by atoms with E-state index in [1.165, 1.54) is 0 Å². The number of carbonyl (C=O) groups is 1. The van der Waals surface area contributed by atoms with Crippen LogP contribution in [0.25, 0.3) is 0 Å². The Morgan fingerprint density at radius 2 is 1.36 bits per heavy atom. The lowest BCUT2D eigenvalue weighted by Crippen LogP contribution is -2.53. The van der Waals surface area contributed by atoms with E-state index in [4.69, 9.17) is 17.7 Å². The van der Waals surface area contributed by atoms with Crippen molar-refractivity contribution in [1.82, 2.24) is 5.32 Å². The lowest BCUT2D eigenvalue weighted by atomic mass is 10.3. The van der Waals surface area contributed by atoms with Gasteiger partial charge in [-0.25, -0.2) is 4.79 Å². The van der Waals surface area contributed by atoms with Crippen LogP contribution in [0, 0.1) is 0 Å². The molecule has 0 amide bonds. The van der Waals surface area contributed by atoms with E-state index < -0.39 is 29.2 Å². The van der Waals surface area contributed by atoms with E-state index in [0.29, 0.717) is 29.7 Å². The molecule has 0 aliphatic carbocycles. The van der Waals surface area contributed by atoms with Crippen LogP contribution in [0.4, 0.5) is 0 Å². The minimum Gasteiger partial charge on any atom is -0.479 e. The van der Waals surface area contributed by atoms with Gasteiger partial charge < -0.3 is 28.1 Å². The van der Waals surface area contributed by atoms with Gasteiger partial charge in [0.1, 0.15) is 0 Å². The topological polar surface area (TPSA) is 86.3 Å². The van der Waals surface area contributed by atoms with Gasteiger partial charge in [-0.3, -0.25) is 0 Å². The van der Waals surface area contributed by atoms with E-state index >= 15 is 0 Å². The molecule has 0 spiro atoms. The minimum atomic E-state index is -2.53. The van der Waals surface area contributed by atoms with Gasteiger partial charge in [0.15, 0.2) is 6.10 Å². The van der Waals surface area contributed by atoms with Crippen molar-refractivity contribution < 1.29 is 27.6 Å². The summed E-state index contributed by atoms with van der Waals surface area (Å²) in [7, 11) is 0.0738. The van der Waals surface area contributed by atoms with Gasteiger partial charge in [0, 0.05) is 33.9 Å². The molecular formula is C19H43NO6Si2. The molecule has 7 nitrogen and oxygen atoms in total. The maximum absolute atomic E-state index is 11.8. The van der Waals surface area contributed by atoms with E-state index in [2.05, 4.69) is 46.9 Å². The molecule has 0 rings (SSSR count). The fraction of sp³-hybridized carbons (Fsp3) is 0.947. The van der Waals surface area contributed by atoms with E-state index in [0.717, 1.165) is 18.9 Å². The molecule has 0 heterocycles. The molecule has 0 aromatic rings. The van der Waals surface area contributed by atoms with Crippen molar-refractivity contribution in [3.05, 3.63) is 0 Å². The fourth-order valence-electron chi connectivity index (χ4n) is 4.21. The molecule has 9 heteroatoms. The molecule has 1 atom stereocenters. The zero-order chi connectivity index (χ0) is 22.0. The van der Waals surface area contributed by atoms with Crippen molar-refractivity contribution in [3.8, 4) is 0 Å². The molecule has 0 aliphatic rings. The predicted octanol–water partition coefficient (Wildman–Crippen LogP) is 3.88. The second-order valence-electron chi connectivity index (χ2n) is 8.22. The Hall–Kier alpha value is -0.296. The number of aliphatic carboxylic acids is 1. The van der Waals surface area contributed by atoms with Gasteiger partial charge in [-0.1, -0.05) is 41.5 Å². The van der Waals surface area contributed by atoms with Gasteiger partial charge in [-0.05, 0) is 36.0 Å². The maximum Gasteiger partial charge on any atom is 0.500 e. The Balaban J connectivity index is 4.71. The molecule has 0 radical (unpaired) electrons. The summed E-state index contributed by atoms with van der Waals surface area (Å²) >= 11 is 0. The predicted molar refractivity (Wildman–Crippen MR) is 117 cm³/mol. The summed E-state index contributed by atoms with van der Waals surface area (Å²) < 4.78 is 22.7. The van der Waals surface area contributed by atoms with Gasteiger partial charge in [-0.2, -0.15) is 0 Å². The highest BCUT2D eigenvalue weighted by molar-refractivity contribution is 6.77. The second-order valence-corrected chi connectivity index (χ2v) is 16.7. The lowest BCUT2D eigenvalue weighted by molar-refractivity contribution is -0.145. The van der Waals surface area contributed by atoms with E-state index in [9.17, 15) is 9.90 Å². The average Bonchev–Trinajstić information content (AvgIpc) is 2.63. The Morgan fingerprint density at radius 1 is 0.893 bits per heavy atom. The Morgan fingerprint density at radius 3 is 1.71 bits per heavy atom. The third kappa shape index (κ3) is 7.51. The summed E-state index contributed by atoms with van der Waals surface area (Å²) in [5.41, 5.74) is 1.05. The molecule has 0 aromatic heterocycles. The minimum absolute atomic E-state index is 0.317. The van der Waals surface area contributed by atoms with Crippen molar-refractivity contribution in [1.29, 1.82) is 0 Å². The van der Waals surface area contributed by atoms with Gasteiger partial charge in [0.05, 0.1) is 0 Å². The SMILES string of the molecule is CO[Si](CCCCNCC(O[Si](C(C)C)(C(C)C)C(C)C)C(=O)O)(OC)OC. The van der Waals surface area contributed by atoms with Crippen LogP contribution in [0.5, 0.6) is 0 Å². The standard InChI is InChI=1S/C19H43NO6Si2/c1-15(2)28(16(3)4,17(5)6)26-18(19(21)22)14-20-12-10-11-13-27(23-7,24-8)25-9/h15-18,20H,10-14H2,1-9H3,(H,21,22). The van der Waals surface area contributed by atoms with Crippen molar-refractivity contribution in [2.24, 2.45) is 0 Å². The van der Waals surface area contributed by atoms with Gasteiger partial charge >= 0.3 is 14.8 Å². The van der Waals surface area contributed by atoms with E-state index in [1.807, 2.05) is 0 Å². The number of carboxylic acids is 1. The van der Waals surface area contributed by atoms with E-state index in [1.54, 1.807) is 21.3 Å². The number of unbranched alkanes of at least 4 members (excludes halogenated alkanes) is 1. The number of carboxylic acid groups (broad SMARTS) is 1. The molecule has 2 N–H and O–H groups in total. The lowest BCUT2D eigenvalue weighted by Gasteiger charge is -2.43. The van der Waals surface area contributed by atoms with Crippen LogP contribution in [0.3, 0.4) is 0 Å². The van der Waals surface area contributed by atoms with Crippen LogP contribution in [-0.4, -0.2) is 68.7 Å². The van der Waals surface area contributed by atoms with Gasteiger partial charge in [0.2, 0.25) is 8.32 Å². The summed E-state index contributed by atoms with van der Waals surface area (Å²) in [6, 6.07) is 0.737. The Labute approximate surface area is 174 Å². The van der Waals surface area contributed by atoms with Crippen LogP contribution >= 0.6 is 0 Å². The number of nitrogens with one attached hydrogen (secondary N) is 1. The van der Waals surface area contributed by atoms with Crippen LogP contribution < -0.4 is 5.32 Å². The van der Waals surface area contributed by atoms with Crippen molar-refractivity contribution in [2.45, 2.75) is 83.2 Å². The first-order valence-electron chi connectivity index (χ1n) is 10.3. The molecule has 1 unspecified atom stereocenters. The zero-order valence-corrected chi connectivity index (χ0v) is 21.3. The zero-order valence-electron chi connectivity index (χ0n) is 19.3. The first-order valence-corrected chi connectivity index (χ1v) is 14.4. The molecule has 28 heavy (non-hydrogen) atoms. The molecule has 0 bridgehead atoms. The molecule has 168 valence electrons. The number of hydrogen-bond acceptors (Lipinski definition) is 6.